The van der Waals surface area contributed by atoms with Crippen molar-refractivity contribution in [3.63, 3.8) is 0 Å². The Labute approximate surface area is 110 Å². The van der Waals surface area contributed by atoms with E-state index in [0.29, 0.717) is 12.0 Å². The SMILES string of the molecule is C=C[C@@H]1CCCO[C@H]1CCCC1COC(C)(C)O1. The van der Waals surface area contributed by atoms with Crippen molar-refractivity contribution in [1.29, 1.82) is 0 Å². The number of hydrogen-bond donors (Lipinski definition) is 0. The molecule has 2 rings (SSSR count). The maximum Gasteiger partial charge on any atom is 0.163 e. The van der Waals surface area contributed by atoms with Gasteiger partial charge in [0.2, 0.25) is 0 Å². The van der Waals surface area contributed by atoms with Gasteiger partial charge in [0.15, 0.2) is 5.79 Å². The predicted octanol–water partition coefficient (Wildman–Crippen LogP) is 3.29. The van der Waals surface area contributed by atoms with Gasteiger partial charge in [-0.05, 0) is 46.0 Å². The zero-order valence-electron chi connectivity index (χ0n) is 11.7. The summed E-state index contributed by atoms with van der Waals surface area (Å²) in [5.74, 6) is 0.145. The fraction of sp³-hybridized carbons (Fsp3) is 0.867. The van der Waals surface area contributed by atoms with E-state index in [1.807, 2.05) is 13.8 Å². The topological polar surface area (TPSA) is 27.7 Å². The van der Waals surface area contributed by atoms with E-state index in [1.165, 1.54) is 12.8 Å². The molecule has 0 aliphatic carbocycles. The van der Waals surface area contributed by atoms with Crippen LogP contribution in [-0.4, -0.2) is 31.2 Å². The lowest BCUT2D eigenvalue weighted by Gasteiger charge is -2.29. The van der Waals surface area contributed by atoms with E-state index in [4.69, 9.17) is 14.2 Å². The second kappa shape index (κ2) is 6.18. The first-order valence-electron chi connectivity index (χ1n) is 7.16. The van der Waals surface area contributed by atoms with Gasteiger partial charge in [-0.2, -0.15) is 0 Å². The third kappa shape index (κ3) is 3.81. The molecule has 3 nitrogen and oxygen atoms in total. The number of hydrogen-bond acceptors (Lipinski definition) is 3. The molecule has 2 fully saturated rings. The van der Waals surface area contributed by atoms with Crippen LogP contribution in [0.5, 0.6) is 0 Å². The molecule has 2 aliphatic heterocycles. The molecule has 0 radical (unpaired) electrons. The molecule has 0 aromatic rings. The highest BCUT2D eigenvalue weighted by atomic mass is 16.7. The zero-order chi connectivity index (χ0) is 13.0. The highest BCUT2D eigenvalue weighted by Crippen LogP contribution is 2.28. The summed E-state index contributed by atoms with van der Waals surface area (Å²) < 4.78 is 17.2. The Morgan fingerprint density at radius 2 is 2.17 bits per heavy atom. The van der Waals surface area contributed by atoms with E-state index in [0.717, 1.165) is 32.5 Å². The monoisotopic (exact) mass is 254 g/mol. The molecule has 0 amide bonds. The Balaban J connectivity index is 1.67. The Kier molecular flexibility index (Phi) is 4.82. The summed E-state index contributed by atoms with van der Waals surface area (Å²) in [6.07, 6.45) is 8.38. The minimum atomic E-state index is -0.393. The molecule has 0 bridgehead atoms. The Bertz CT molecular complexity index is 275. The molecular weight excluding hydrogens is 228 g/mol. The van der Waals surface area contributed by atoms with Gasteiger partial charge in [-0.25, -0.2) is 0 Å². The second-order valence-electron chi connectivity index (χ2n) is 5.83. The van der Waals surface area contributed by atoms with E-state index in [2.05, 4.69) is 12.7 Å². The van der Waals surface area contributed by atoms with Crippen LogP contribution >= 0.6 is 0 Å². The molecule has 1 unspecified atom stereocenters. The molecule has 0 spiro atoms. The van der Waals surface area contributed by atoms with Crippen molar-refractivity contribution in [3.8, 4) is 0 Å². The quantitative estimate of drug-likeness (QED) is 0.705. The van der Waals surface area contributed by atoms with Crippen LogP contribution in [-0.2, 0) is 14.2 Å². The van der Waals surface area contributed by atoms with Gasteiger partial charge in [0.25, 0.3) is 0 Å². The summed E-state index contributed by atoms with van der Waals surface area (Å²) >= 11 is 0. The van der Waals surface area contributed by atoms with E-state index in [1.54, 1.807) is 0 Å². The van der Waals surface area contributed by atoms with Gasteiger partial charge in [0.1, 0.15) is 0 Å². The molecule has 0 aromatic heterocycles. The molecule has 0 N–H and O–H groups in total. The first kappa shape index (κ1) is 14.0. The normalized spacial score (nSPS) is 35.6. The third-order valence-electron chi connectivity index (χ3n) is 3.88. The molecule has 3 heteroatoms. The molecule has 0 aromatic carbocycles. The van der Waals surface area contributed by atoms with Crippen LogP contribution < -0.4 is 0 Å². The predicted molar refractivity (Wildman–Crippen MR) is 71.4 cm³/mol. The molecular formula is C15H26O3. The molecule has 0 saturated carbocycles. The van der Waals surface area contributed by atoms with Crippen molar-refractivity contribution in [3.05, 3.63) is 12.7 Å². The van der Waals surface area contributed by atoms with Crippen molar-refractivity contribution in [2.24, 2.45) is 5.92 Å². The third-order valence-corrected chi connectivity index (χ3v) is 3.88. The maximum absolute atomic E-state index is 5.84. The summed E-state index contributed by atoms with van der Waals surface area (Å²) in [6.45, 7) is 9.50. The summed E-state index contributed by atoms with van der Waals surface area (Å²) in [5, 5.41) is 0. The fourth-order valence-corrected chi connectivity index (χ4v) is 2.88. The van der Waals surface area contributed by atoms with Crippen LogP contribution in [0.3, 0.4) is 0 Å². The van der Waals surface area contributed by atoms with Crippen LogP contribution in [0.25, 0.3) is 0 Å². The second-order valence-corrected chi connectivity index (χ2v) is 5.83. The Hall–Kier alpha value is -0.380. The van der Waals surface area contributed by atoms with Crippen molar-refractivity contribution >= 4 is 0 Å². The standard InChI is InChI=1S/C15H26O3/c1-4-12-7-6-10-16-14(12)9-5-8-13-11-17-15(2,3)18-13/h4,12-14H,1,5-11H2,2-3H3/t12-,13?,14+/m1/s1. The van der Waals surface area contributed by atoms with E-state index in [9.17, 15) is 0 Å². The summed E-state index contributed by atoms with van der Waals surface area (Å²) in [4.78, 5) is 0. The molecule has 18 heavy (non-hydrogen) atoms. The van der Waals surface area contributed by atoms with Crippen LogP contribution in [0.4, 0.5) is 0 Å². The van der Waals surface area contributed by atoms with Gasteiger partial charge in [-0.1, -0.05) is 6.08 Å². The van der Waals surface area contributed by atoms with E-state index >= 15 is 0 Å². The molecule has 2 heterocycles. The number of rotatable bonds is 5. The first-order chi connectivity index (χ1) is 8.61. The highest BCUT2D eigenvalue weighted by Gasteiger charge is 2.32. The van der Waals surface area contributed by atoms with Gasteiger partial charge < -0.3 is 14.2 Å². The lowest BCUT2D eigenvalue weighted by molar-refractivity contribution is -0.139. The van der Waals surface area contributed by atoms with Crippen molar-refractivity contribution in [1.82, 2.24) is 0 Å². The van der Waals surface area contributed by atoms with Crippen LogP contribution in [0.15, 0.2) is 12.7 Å². The summed E-state index contributed by atoms with van der Waals surface area (Å²) in [6, 6.07) is 0. The van der Waals surface area contributed by atoms with Gasteiger partial charge >= 0.3 is 0 Å². The first-order valence-corrected chi connectivity index (χ1v) is 7.16. The van der Waals surface area contributed by atoms with Crippen molar-refractivity contribution < 1.29 is 14.2 Å². The van der Waals surface area contributed by atoms with E-state index < -0.39 is 5.79 Å². The zero-order valence-corrected chi connectivity index (χ0v) is 11.7. The van der Waals surface area contributed by atoms with Crippen LogP contribution in [0, 0.1) is 5.92 Å². The van der Waals surface area contributed by atoms with Crippen molar-refractivity contribution in [2.75, 3.05) is 13.2 Å². The molecule has 3 atom stereocenters. The van der Waals surface area contributed by atoms with Gasteiger partial charge in [-0.3, -0.25) is 0 Å². The van der Waals surface area contributed by atoms with Gasteiger partial charge in [-0.15, -0.1) is 6.58 Å². The smallest absolute Gasteiger partial charge is 0.163 e. The Morgan fingerprint density at radius 1 is 1.33 bits per heavy atom. The van der Waals surface area contributed by atoms with E-state index in [-0.39, 0.29) is 6.10 Å². The summed E-state index contributed by atoms with van der Waals surface area (Å²) in [5.41, 5.74) is 0. The molecule has 2 aliphatic rings. The molecule has 2 saturated heterocycles. The molecule has 104 valence electrons. The largest absolute Gasteiger partial charge is 0.378 e. The minimum Gasteiger partial charge on any atom is -0.378 e. The highest BCUT2D eigenvalue weighted by molar-refractivity contribution is 4.87. The minimum absolute atomic E-state index is 0.255. The lowest BCUT2D eigenvalue weighted by Crippen LogP contribution is -2.28. The van der Waals surface area contributed by atoms with Crippen LogP contribution in [0.1, 0.15) is 46.0 Å². The Morgan fingerprint density at radius 3 is 2.83 bits per heavy atom. The average molecular weight is 254 g/mol. The number of ether oxygens (including phenoxy) is 3. The fourth-order valence-electron chi connectivity index (χ4n) is 2.88. The van der Waals surface area contributed by atoms with Gasteiger partial charge in [0, 0.05) is 12.5 Å². The maximum atomic E-state index is 5.84. The average Bonchev–Trinajstić information content (AvgIpc) is 2.69. The lowest BCUT2D eigenvalue weighted by atomic mass is 9.91. The van der Waals surface area contributed by atoms with Crippen LogP contribution in [0.2, 0.25) is 0 Å². The van der Waals surface area contributed by atoms with Gasteiger partial charge in [0.05, 0.1) is 18.8 Å². The summed E-state index contributed by atoms with van der Waals surface area (Å²) in [7, 11) is 0. The van der Waals surface area contributed by atoms with Crippen molar-refractivity contribution in [2.45, 2.75) is 63.9 Å².